The van der Waals surface area contributed by atoms with Crippen molar-refractivity contribution in [3.8, 4) is 5.75 Å². The molecule has 1 aromatic heterocycles. The van der Waals surface area contributed by atoms with Gasteiger partial charge in [0.2, 0.25) is 5.91 Å². The van der Waals surface area contributed by atoms with Crippen molar-refractivity contribution in [3.05, 3.63) is 64.4 Å². The van der Waals surface area contributed by atoms with Gasteiger partial charge in [0.1, 0.15) is 17.8 Å². The molecule has 2 N–H and O–H groups in total. The molecule has 9 nitrogen and oxygen atoms in total. The summed E-state index contributed by atoms with van der Waals surface area (Å²) >= 11 is 0. The van der Waals surface area contributed by atoms with E-state index in [1.54, 1.807) is 24.3 Å². The number of benzene rings is 2. The van der Waals surface area contributed by atoms with Gasteiger partial charge < -0.3 is 20.3 Å². The molecule has 0 aliphatic rings. The summed E-state index contributed by atoms with van der Waals surface area (Å²) in [6.07, 6.45) is -0.0351. The van der Waals surface area contributed by atoms with Gasteiger partial charge in [0.25, 0.3) is 5.56 Å². The van der Waals surface area contributed by atoms with Gasteiger partial charge >= 0.3 is 0 Å². The number of hydrogen-bond acceptors (Lipinski definition) is 7. The van der Waals surface area contributed by atoms with Crippen molar-refractivity contribution in [2.45, 2.75) is 19.0 Å². The molecule has 138 valence electrons. The largest absolute Gasteiger partial charge is 0.548 e. The van der Waals surface area contributed by atoms with Crippen molar-refractivity contribution in [3.63, 3.8) is 0 Å². The fourth-order valence-electron chi connectivity index (χ4n) is 2.56. The second-order valence-corrected chi connectivity index (χ2v) is 5.88. The second-order valence-electron chi connectivity index (χ2n) is 5.88. The summed E-state index contributed by atoms with van der Waals surface area (Å²) in [5.41, 5.74) is 0.489. The third-order valence-electron chi connectivity index (χ3n) is 3.92. The lowest BCUT2D eigenvalue weighted by Crippen LogP contribution is -2.50. The number of rotatable bonds is 6. The van der Waals surface area contributed by atoms with Crippen LogP contribution < -0.4 is 16.0 Å². The lowest BCUT2D eigenvalue weighted by Gasteiger charge is -2.20. The molecule has 0 spiro atoms. The van der Waals surface area contributed by atoms with Gasteiger partial charge in [-0.2, -0.15) is 0 Å². The third kappa shape index (κ3) is 4.27. The molecule has 1 heterocycles. The first kappa shape index (κ1) is 18.1. The van der Waals surface area contributed by atoms with E-state index in [0.29, 0.717) is 16.5 Å². The minimum absolute atomic E-state index is 0.0351. The number of nitrogens with zero attached hydrogens (tertiary/aromatic N) is 3. The summed E-state index contributed by atoms with van der Waals surface area (Å²) in [6.45, 7) is -0.476. The molecule has 0 aliphatic carbocycles. The van der Waals surface area contributed by atoms with Gasteiger partial charge in [-0.3, -0.25) is 9.59 Å². The summed E-state index contributed by atoms with van der Waals surface area (Å²) in [4.78, 5) is 35.9. The highest BCUT2D eigenvalue weighted by atomic mass is 16.4. The average molecular weight is 367 g/mol. The van der Waals surface area contributed by atoms with Gasteiger partial charge in [0.15, 0.2) is 0 Å². The van der Waals surface area contributed by atoms with Crippen LogP contribution in [0.2, 0.25) is 0 Å². The molecule has 9 heteroatoms. The normalized spacial score (nSPS) is 11.9. The maximum Gasteiger partial charge on any atom is 0.278 e. The number of phenols is 1. The Labute approximate surface area is 152 Å². The highest BCUT2D eigenvalue weighted by Crippen LogP contribution is 2.11. The summed E-state index contributed by atoms with van der Waals surface area (Å²) < 4.78 is 0.866. The van der Waals surface area contributed by atoms with Crippen LogP contribution in [0.5, 0.6) is 5.75 Å². The minimum Gasteiger partial charge on any atom is -0.548 e. The Morgan fingerprint density at radius 3 is 2.56 bits per heavy atom. The Balaban J connectivity index is 1.73. The number of carboxylic acid groups (broad SMARTS) is 1. The van der Waals surface area contributed by atoms with E-state index in [1.807, 2.05) is 0 Å². The topological polar surface area (TPSA) is 137 Å². The zero-order valence-corrected chi connectivity index (χ0v) is 14.0. The third-order valence-corrected chi connectivity index (χ3v) is 3.92. The van der Waals surface area contributed by atoms with Gasteiger partial charge in [-0.25, -0.2) is 4.68 Å². The average Bonchev–Trinajstić information content (AvgIpc) is 2.65. The number of carbonyl (C=O) groups excluding carboxylic acids is 2. The van der Waals surface area contributed by atoms with Crippen molar-refractivity contribution >= 4 is 22.8 Å². The molecule has 0 aliphatic heterocycles. The molecular weight excluding hydrogens is 352 g/mol. The summed E-state index contributed by atoms with van der Waals surface area (Å²) in [5, 5.41) is 30.8. The number of phenolic OH excluding ortho intramolecular Hbond substituents is 1. The van der Waals surface area contributed by atoms with E-state index in [2.05, 4.69) is 15.6 Å². The summed E-state index contributed by atoms with van der Waals surface area (Å²) in [7, 11) is 0. The molecule has 0 bridgehead atoms. The highest BCUT2D eigenvalue weighted by molar-refractivity contribution is 5.83. The van der Waals surface area contributed by atoms with Crippen LogP contribution in [0.4, 0.5) is 0 Å². The van der Waals surface area contributed by atoms with Gasteiger partial charge in [0.05, 0.1) is 17.4 Å². The van der Waals surface area contributed by atoms with Crippen LogP contribution in [0.25, 0.3) is 10.9 Å². The van der Waals surface area contributed by atoms with Crippen molar-refractivity contribution in [2.75, 3.05) is 0 Å². The second kappa shape index (κ2) is 7.65. The molecule has 0 fully saturated rings. The Bertz CT molecular complexity index is 1050. The molecule has 1 atom stereocenters. The van der Waals surface area contributed by atoms with Crippen molar-refractivity contribution in [1.29, 1.82) is 0 Å². The number of nitrogens with one attached hydrogen (secondary N) is 1. The zero-order valence-electron chi connectivity index (χ0n) is 14.0. The first-order valence-electron chi connectivity index (χ1n) is 8.04. The van der Waals surface area contributed by atoms with Crippen molar-refractivity contribution < 1.29 is 19.8 Å². The van der Waals surface area contributed by atoms with Crippen LogP contribution in [0.15, 0.2) is 53.3 Å². The smallest absolute Gasteiger partial charge is 0.278 e. The molecular formula is C18H15N4O5-. The molecule has 1 amide bonds. The number of carboxylic acids is 1. The molecule has 0 saturated carbocycles. The predicted octanol–water partition coefficient (Wildman–Crippen LogP) is -1.03. The Kier molecular flexibility index (Phi) is 5.11. The van der Waals surface area contributed by atoms with Crippen LogP contribution >= 0.6 is 0 Å². The Hall–Kier alpha value is -3.75. The molecule has 3 rings (SSSR count). The maximum atomic E-state index is 12.3. The number of fused-ring (bicyclic) bond motifs is 1. The Morgan fingerprint density at radius 2 is 1.85 bits per heavy atom. The van der Waals surface area contributed by atoms with E-state index in [1.165, 1.54) is 24.3 Å². The molecule has 2 aromatic carbocycles. The van der Waals surface area contributed by atoms with Gasteiger partial charge in [0, 0.05) is 0 Å². The van der Waals surface area contributed by atoms with Gasteiger partial charge in [-0.05, 0) is 36.2 Å². The van der Waals surface area contributed by atoms with E-state index in [-0.39, 0.29) is 12.2 Å². The Morgan fingerprint density at radius 1 is 1.15 bits per heavy atom. The summed E-state index contributed by atoms with van der Waals surface area (Å²) in [6, 6.07) is 11.2. The van der Waals surface area contributed by atoms with Crippen LogP contribution in [-0.4, -0.2) is 38.0 Å². The van der Waals surface area contributed by atoms with E-state index >= 15 is 0 Å². The van der Waals surface area contributed by atoms with E-state index in [0.717, 1.165) is 4.68 Å². The molecule has 3 aromatic rings. The predicted molar refractivity (Wildman–Crippen MR) is 92.5 cm³/mol. The standard InChI is InChI=1S/C18H16N4O5/c23-12-7-5-11(6-8-12)9-15(18(26)27)19-16(24)10-22-17(25)13-3-1-2-4-14(13)20-21-22/h1-8,15,23H,9-10H2,(H,19,24)(H,26,27)/p-1/t15-/m0/s1. The molecule has 0 saturated heterocycles. The maximum absolute atomic E-state index is 12.3. The van der Waals surface area contributed by atoms with Crippen LogP contribution in [-0.2, 0) is 22.6 Å². The first-order valence-corrected chi connectivity index (χ1v) is 8.04. The van der Waals surface area contributed by atoms with Crippen LogP contribution in [0.3, 0.4) is 0 Å². The van der Waals surface area contributed by atoms with Crippen LogP contribution in [0, 0.1) is 0 Å². The number of carbonyl (C=O) groups is 2. The van der Waals surface area contributed by atoms with E-state index < -0.39 is 30.0 Å². The SMILES string of the molecule is O=C(Cn1nnc2ccccc2c1=O)N[C@@H](Cc1ccc(O)cc1)C(=O)[O-]. The molecule has 0 radical (unpaired) electrons. The van der Waals surface area contributed by atoms with Crippen molar-refractivity contribution in [1.82, 2.24) is 20.3 Å². The minimum atomic E-state index is -1.46. The van der Waals surface area contributed by atoms with Crippen molar-refractivity contribution in [2.24, 2.45) is 0 Å². The van der Waals surface area contributed by atoms with E-state index in [4.69, 9.17) is 0 Å². The lowest BCUT2D eigenvalue weighted by molar-refractivity contribution is -0.308. The molecule has 0 unspecified atom stereocenters. The van der Waals surface area contributed by atoms with Gasteiger partial charge in [-0.15, -0.1) is 5.10 Å². The number of aromatic hydroxyl groups is 1. The monoisotopic (exact) mass is 367 g/mol. The fraction of sp³-hybridized carbons (Fsp3) is 0.167. The molecule has 27 heavy (non-hydrogen) atoms. The zero-order chi connectivity index (χ0) is 19.4. The van der Waals surface area contributed by atoms with Gasteiger partial charge in [-0.1, -0.05) is 29.5 Å². The number of aliphatic carboxylic acids is 1. The number of aromatic nitrogens is 3. The number of hydrogen-bond donors (Lipinski definition) is 2. The first-order chi connectivity index (χ1) is 12.9. The quantitative estimate of drug-likeness (QED) is 0.568. The lowest BCUT2D eigenvalue weighted by atomic mass is 10.1. The van der Waals surface area contributed by atoms with E-state index in [9.17, 15) is 24.6 Å². The number of amides is 1. The van der Waals surface area contributed by atoms with Crippen LogP contribution in [0.1, 0.15) is 5.56 Å². The summed E-state index contributed by atoms with van der Waals surface area (Å²) in [5.74, 6) is -2.13. The fourth-order valence-corrected chi connectivity index (χ4v) is 2.56. The highest BCUT2D eigenvalue weighted by Gasteiger charge is 2.16.